The van der Waals surface area contributed by atoms with E-state index in [1.54, 1.807) is 28.8 Å². The number of fused-ring (bicyclic) bond motifs is 1. The molecule has 0 unspecified atom stereocenters. The van der Waals surface area contributed by atoms with Crippen molar-refractivity contribution in [1.82, 2.24) is 14.7 Å². The standard InChI is InChI=1S/C35H45FN4O6/c1-8-10-18-44-27-12-11-25(36)20-24(27)21-37-31(41)26-22-40-28(38-26)19-23(3)29(30(33(42)43)46-34(4,5)6)32(40)39-15-13-35(7,14-16-39)45-17-9-2/h8-9,11-12,19-20,22,30H,1-2,10,13-18,21H2,3-7H3,(H,37,41)(H,42,43)/t30-/m0/s1. The SMILES string of the molecule is C=CCCOc1ccc(F)cc1CNC(=O)c1cn2c(N3CCC(C)(OCC=C)CC3)c([C@H](OC(C)(C)C)C(=O)O)c(C)cc2n1. The van der Waals surface area contributed by atoms with Crippen LogP contribution in [0.15, 0.2) is 55.8 Å². The summed E-state index contributed by atoms with van der Waals surface area (Å²) in [5, 5.41) is 13.2. The van der Waals surface area contributed by atoms with Gasteiger partial charge in [0.2, 0.25) is 0 Å². The lowest BCUT2D eigenvalue weighted by Gasteiger charge is -2.41. The molecule has 1 aliphatic rings. The number of amides is 1. The minimum atomic E-state index is -1.27. The molecule has 0 bridgehead atoms. The number of halogens is 1. The lowest BCUT2D eigenvalue weighted by Crippen LogP contribution is -2.45. The zero-order valence-corrected chi connectivity index (χ0v) is 27.4. The van der Waals surface area contributed by atoms with Gasteiger partial charge in [0.25, 0.3) is 5.91 Å². The summed E-state index contributed by atoms with van der Waals surface area (Å²) >= 11 is 0. The second-order valence-corrected chi connectivity index (χ2v) is 12.8. The molecule has 1 aromatic carbocycles. The van der Waals surface area contributed by atoms with Crippen LogP contribution in [0.4, 0.5) is 10.2 Å². The Morgan fingerprint density at radius 3 is 2.54 bits per heavy atom. The highest BCUT2D eigenvalue weighted by Gasteiger charge is 2.37. The number of nitrogens with zero attached hydrogens (tertiary/aromatic N) is 3. The van der Waals surface area contributed by atoms with E-state index in [0.717, 1.165) is 0 Å². The van der Waals surface area contributed by atoms with Gasteiger partial charge in [-0.25, -0.2) is 14.2 Å². The number of pyridine rings is 1. The van der Waals surface area contributed by atoms with Crippen LogP contribution >= 0.6 is 0 Å². The van der Waals surface area contributed by atoms with Crippen molar-refractivity contribution < 1.29 is 33.3 Å². The third-order valence-electron chi connectivity index (χ3n) is 7.88. The number of hydrogen-bond acceptors (Lipinski definition) is 7. The average molecular weight is 637 g/mol. The molecular weight excluding hydrogens is 591 g/mol. The molecule has 0 saturated carbocycles. The van der Waals surface area contributed by atoms with Gasteiger partial charge in [-0.1, -0.05) is 12.2 Å². The van der Waals surface area contributed by atoms with Crippen LogP contribution in [0.5, 0.6) is 5.75 Å². The van der Waals surface area contributed by atoms with Crippen molar-refractivity contribution in [2.45, 2.75) is 77.7 Å². The second-order valence-electron chi connectivity index (χ2n) is 12.8. The maximum Gasteiger partial charge on any atom is 0.337 e. The highest BCUT2D eigenvalue weighted by atomic mass is 19.1. The number of piperidine rings is 1. The molecule has 0 spiro atoms. The van der Waals surface area contributed by atoms with Gasteiger partial charge in [-0.3, -0.25) is 9.20 Å². The number of benzene rings is 1. The number of rotatable bonds is 14. The number of anilines is 1. The minimum Gasteiger partial charge on any atom is -0.493 e. The molecule has 11 heteroatoms. The van der Waals surface area contributed by atoms with Gasteiger partial charge in [0.15, 0.2) is 6.10 Å². The normalized spacial score (nSPS) is 15.4. The monoisotopic (exact) mass is 636 g/mol. The fourth-order valence-electron chi connectivity index (χ4n) is 5.53. The summed E-state index contributed by atoms with van der Waals surface area (Å²) in [4.78, 5) is 32.8. The van der Waals surface area contributed by atoms with Crippen LogP contribution in [0.3, 0.4) is 0 Å². The molecule has 1 amide bonds. The van der Waals surface area contributed by atoms with Crippen molar-refractivity contribution in [2.75, 3.05) is 31.2 Å². The van der Waals surface area contributed by atoms with Gasteiger partial charge in [0.05, 0.1) is 24.4 Å². The third kappa shape index (κ3) is 8.32. The fraction of sp³-hybridized carbons (Fsp3) is 0.457. The predicted octanol–water partition coefficient (Wildman–Crippen LogP) is 6.17. The molecule has 2 aromatic heterocycles. The molecular formula is C35H45FN4O6. The summed E-state index contributed by atoms with van der Waals surface area (Å²) in [6, 6.07) is 5.93. The summed E-state index contributed by atoms with van der Waals surface area (Å²) in [6.45, 7) is 18.8. The number of ether oxygens (including phenoxy) is 3. The zero-order chi connectivity index (χ0) is 33.6. The molecule has 3 heterocycles. The molecule has 1 fully saturated rings. The van der Waals surface area contributed by atoms with Crippen molar-refractivity contribution in [3.05, 3.63) is 84.0 Å². The Morgan fingerprint density at radius 1 is 1.20 bits per heavy atom. The first-order chi connectivity index (χ1) is 21.7. The summed E-state index contributed by atoms with van der Waals surface area (Å²) < 4.78 is 33.8. The van der Waals surface area contributed by atoms with Crippen molar-refractivity contribution in [1.29, 1.82) is 0 Å². The van der Waals surface area contributed by atoms with Crippen LogP contribution in [0, 0.1) is 12.7 Å². The number of carboxylic acids is 1. The average Bonchev–Trinajstić information content (AvgIpc) is 3.42. The number of carbonyl (C=O) groups excluding carboxylic acids is 1. The molecule has 1 aliphatic heterocycles. The van der Waals surface area contributed by atoms with Crippen LogP contribution < -0.4 is 15.0 Å². The number of imidazole rings is 1. The molecule has 0 aliphatic carbocycles. The van der Waals surface area contributed by atoms with E-state index in [0.29, 0.717) is 79.5 Å². The van der Waals surface area contributed by atoms with E-state index < -0.39 is 29.4 Å². The van der Waals surface area contributed by atoms with Gasteiger partial charge in [0, 0.05) is 37.0 Å². The van der Waals surface area contributed by atoms with E-state index in [4.69, 9.17) is 14.2 Å². The molecule has 46 heavy (non-hydrogen) atoms. The summed E-state index contributed by atoms with van der Waals surface area (Å²) in [5.41, 5.74) is 1.17. The van der Waals surface area contributed by atoms with E-state index in [2.05, 4.69) is 35.3 Å². The summed E-state index contributed by atoms with van der Waals surface area (Å²) in [6.07, 6.45) is 5.80. The van der Waals surface area contributed by atoms with Gasteiger partial charge >= 0.3 is 5.97 Å². The molecule has 1 atom stereocenters. The highest BCUT2D eigenvalue weighted by molar-refractivity contribution is 5.93. The molecule has 0 radical (unpaired) electrons. The fourth-order valence-corrected chi connectivity index (χ4v) is 5.53. The molecule has 248 valence electrons. The predicted molar refractivity (Wildman–Crippen MR) is 175 cm³/mol. The maximum absolute atomic E-state index is 14.1. The molecule has 3 aromatic rings. The van der Waals surface area contributed by atoms with Crippen LogP contribution in [0.2, 0.25) is 0 Å². The van der Waals surface area contributed by atoms with Crippen molar-refractivity contribution in [3.8, 4) is 5.75 Å². The Labute approximate surface area is 269 Å². The zero-order valence-electron chi connectivity index (χ0n) is 27.4. The van der Waals surface area contributed by atoms with Gasteiger partial charge in [-0.15, -0.1) is 13.2 Å². The Hall–Kier alpha value is -4.22. The first-order valence-electron chi connectivity index (χ1n) is 15.5. The van der Waals surface area contributed by atoms with Gasteiger partial charge in [-0.05, 0) is 83.7 Å². The lowest BCUT2D eigenvalue weighted by molar-refractivity contribution is -0.160. The number of carbonyl (C=O) groups is 2. The van der Waals surface area contributed by atoms with Crippen molar-refractivity contribution in [2.24, 2.45) is 0 Å². The molecule has 1 saturated heterocycles. The number of aliphatic carboxylic acids is 1. The highest BCUT2D eigenvalue weighted by Crippen LogP contribution is 2.38. The van der Waals surface area contributed by atoms with E-state index in [1.807, 2.05) is 27.7 Å². The summed E-state index contributed by atoms with van der Waals surface area (Å²) in [5.74, 6) is -0.964. The van der Waals surface area contributed by atoms with Crippen molar-refractivity contribution >= 4 is 23.3 Å². The van der Waals surface area contributed by atoms with E-state index in [1.165, 1.54) is 18.2 Å². The van der Waals surface area contributed by atoms with Crippen molar-refractivity contribution in [3.63, 3.8) is 0 Å². The Balaban J connectivity index is 1.72. The first kappa shape index (κ1) is 34.6. The smallest absolute Gasteiger partial charge is 0.337 e. The number of aryl methyl sites for hydroxylation is 1. The Bertz CT molecular complexity index is 1590. The number of nitrogens with one attached hydrogen (secondary N) is 1. The summed E-state index contributed by atoms with van der Waals surface area (Å²) in [7, 11) is 0. The quantitative estimate of drug-likeness (QED) is 0.160. The van der Waals surface area contributed by atoms with Gasteiger partial charge < -0.3 is 29.5 Å². The Kier molecular flexibility index (Phi) is 10.9. The minimum absolute atomic E-state index is 0.0148. The van der Waals surface area contributed by atoms with Gasteiger partial charge in [-0.2, -0.15) is 0 Å². The second kappa shape index (κ2) is 14.5. The molecule has 4 rings (SSSR count). The first-order valence-corrected chi connectivity index (χ1v) is 15.5. The largest absolute Gasteiger partial charge is 0.493 e. The van der Waals surface area contributed by atoms with Crippen LogP contribution in [0.1, 0.15) is 80.2 Å². The topological polar surface area (TPSA) is 115 Å². The van der Waals surface area contributed by atoms with Crippen LogP contribution in [-0.2, 0) is 20.8 Å². The Morgan fingerprint density at radius 2 is 1.91 bits per heavy atom. The number of carboxylic acid groups (broad SMARTS) is 1. The third-order valence-corrected chi connectivity index (χ3v) is 7.88. The maximum atomic E-state index is 14.1. The van der Waals surface area contributed by atoms with Gasteiger partial charge in [0.1, 0.15) is 28.7 Å². The van der Waals surface area contributed by atoms with Crippen LogP contribution in [-0.4, -0.2) is 63.9 Å². The number of hydrogen-bond donors (Lipinski definition) is 2. The van der Waals surface area contributed by atoms with E-state index in [-0.39, 0.29) is 17.8 Å². The lowest BCUT2D eigenvalue weighted by atomic mass is 9.92. The van der Waals surface area contributed by atoms with Crippen LogP contribution in [0.25, 0.3) is 5.65 Å². The number of aromatic nitrogens is 2. The van der Waals surface area contributed by atoms with E-state index in [9.17, 15) is 19.1 Å². The molecule has 2 N–H and O–H groups in total. The molecule has 10 nitrogen and oxygen atoms in total. The van der Waals surface area contributed by atoms with E-state index >= 15 is 0 Å².